The first-order chi connectivity index (χ1) is 5.20. The van der Waals surface area contributed by atoms with E-state index in [2.05, 4.69) is 0 Å². The van der Waals surface area contributed by atoms with Gasteiger partial charge in [0.1, 0.15) is 10.3 Å². The zero-order valence-corrected chi connectivity index (χ0v) is 6.93. The molecule has 2 unspecified atom stereocenters. The van der Waals surface area contributed by atoms with E-state index in [0.717, 1.165) is 0 Å². The van der Waals surface area contributed by atoms with Gasteiger partial charge >= 0.3 is 0 Å². The van der Waals surface area contributed by atoms with Crippen molar-refractivity contribution in [1.82, 2.24) is 0 Å². The fraction of sp³-hybridized carbons (Fsp3) is 0.333. The SMILES string of the molecule is O=[N+]([O-])C1=C(Cl)C=CC2SC12. The maximum atomic E-state index is 10.4. The van der Waals surface area contributed by atoms with Gasteiger partial charge in [0.2, 0.25) is 0 Å². The fourth-order valence-electron chi connectivity index (χ4n) is 1.08. The minimum Gasteiger partial charge on any atom is -0.259 e. The van der Waals surface area contributed by atoms with Crippen LogP contribution in [0.1, 0.15) is 0 Å². The highest BCUT2D eigenvalue weighted by molar-refractivity contribution is 8.08. The molecular formula is C6H4ClNO2S. The highest BCUT2D eigenvalue weighted by Gasteiger charge is 2.49. The van der Waals surface area contributed by atoms with Crippen LogP contribution < -0.4 is 0 Å². The van der Waals surface area contributed by atoms with E-state index in [4.69, 9.17) is 11.6 Å². The van der Waals surface area contributed by atoms with Crippen LogP contribution in [0.15, 0.2) is 22.9 Å². The first-order valence-electron chi connectivity index (χ1n) is 3.08. The molecule has 0 aromatic rings. The Labute approximate surface area is 72.3 Å². The molecule has 1 heterocycles. The van der Waals surface area contributed by atoms with Crippen LogP contribution in [-0.2, 0) is 0 Å². The topological polar surface area (TPSA) is 43.1 Å². The van der Waals surface area contributed by atoms with Crippen molar-refractivity contribution in [3.8, 4) is 0 Å². The molecule has 0 aromatic heterocycles. The summed E-state index contributed by atoms with van der Waals surface area (Å²) in [6.07, 6.45) is 3.52. The smallest absolute Gasteiger partial charge is 0.259 e. The molecule has 0 saturated carbocycles. The van der Waals surface area contributed by atoms with Crippen LogP contribution in [0.4, 0.5) is 0 Å². The van der Waals surface area contributed by atoms with Crippen molar-refractivity contribution in [2.45, 2.75) is 10.5 Å². The minimum absolute atomic E-state index is 0.0162. The number of halogens is 1. The summed E-state index contributed by atoms with van der Waals surface area (Å²) in [5, 5.41) is 11.0. The monoisotopic (exact) mass is 189 g/mol. The van der Waals surface area contributed by atoms with Crippen LogP contribution in [0.3, 0.4) is 0 Å². The molecule has 0 spiro atoms. The predicted molar refractivity (Wildman–Crippen MR) is 44.2 cm³/mol. The molecule has 11 heavy (non-hydrogen) atoms. The number of rotatable bonds is 1. The van der Waals surface area contributed by atoms with Crippen LogP contribution in [-0.4, -0.2) is 15.4 Å². The largest absolute Gasteiger partial charge is 0.278 e. The van der Waals surface area contributed by atoms with Gasteiger partial charge in [-0.15, -0.1) is 11.8 Å². The Morgan fingerprint density at radius 3 is 3.00 bits per heavy atom. The molecule has 0 bridgehead atoms. The molecule has 2 rings (SSSR count). The number of fused-ring (bicyclic) bond motifs is 1. The van der Waals surface area contributed by atoms with Gasteiger partial charge in [-0.3, -0.25) is 10.1 Å². The molecular weight excluding hydrogens is 186 g/mol. The normalized spacial score (nSPS) is 33.5. The van der Waals surface area contributed by atoms with Gasteiger partial charge in [-0.05, 0) is 6.08 Å². The zero-order chi connectivity index (χ0) is 8.01. The van der Waals surface area contributed by atoms with Gasteiger partial charge in [0, 0.05) is 5.25 Å². The number of thioether (sulfide) groups is 1. The molecule has 5 heteroatoms. The maximum absolute atomic E-state index is 10.4. The van der Waals surface area contributed by atoms with Gasteiger partial charge in [-0.25, -0.2) is 0 Å². The zero-order valence-electron chi connectivity index (χ0n) is 5.36. The molecule has 3 nitrogen and oxygen atoms in total. The van der Waals surface area contributed by atoms with Gasteiger partial charge in [-0.1, -0.05) is 17.7 Å². The van der Waals surface area contributed by atoms with Crippen LogP contribution in [0.25, 0.3) is 0 Å². The van der Waals surface area contributed by atoms with Crippen molar-refractivity contribution in [2.24, 2.45) is 0 Å². The van der Waals surface area contributed by atoms with E-state index in [1.165, 1.54) is 0 Å². The average molecular weight is 190 g/mol. The van der Waals surface area contributed by atoms with E-state index >= 15 is 0 Å². The summed E-state index contributed by atoms with van der Waals surface area (Å²) in [5.41, 5.74) is 0.171. The molecule has 58 valence electrons. The van der Waals surface area contributed by atoms with E-state index < -0.39 is 0 Å². The van der Waals surface area contributed by atoms with Crippen molar-refractivity contribution in [1.29, 1.82) is 0 Å². The van der Waals surface area contributed by atoms with Crippen molar-refractivity contribution in [2.75, 3.05) is 0 Å². The quantitative estimate of drug-likeness (QED) is 0.359. The molecule has 2 aliphatic rings. The molecule has 2 atom stereocenters. The third-order valence-corrected chi connectivity index (χ3v) is 3.23. The summed E-state index contributed by atoms with van der Waals surface area (Å²) >= 11 is 7.21. The van der Waals surface area contributed by atoms with E-state index in [1.807, 2.05) is 6.08 Å². The van der Waals surface area contributed by atoms with Gasteiger partial charge in [0.15, 0.2) is 0 Å². The first kappa shape index (κ1) is 7.18. The molecule has 0 aromatic carbocycles. The molecule has 0 amide bonds. The Kier molecular flexibility index (Phi) is 1.47. The lowest BCUT2D eigenvalue weighted by atomic mass is 10.1. The summed E-state index contributed by atoms with van der Waals surface area (Å²) in [4.78, 5) is 10.0. The number of hydrogen-bond acceptors (Lipinski definition) is 3. The van der Waals surface area contributed by atoms with Crippen molar-refractivity contribution < 1.29 is 4.92 Å². The summed E-state index contributed by atoms with van der Waals surface area (Å²) < 4.78 is 0. The van der Waals surface area contributed by atoms with Gasteiger partial charge < -0.3 is 0 Å². The first-order valence-corrected chi connectivity index (χ1v) is 4.40. The molecule has 0 N–H and O–H groups in total. The fourth-order valence-corrected chi connectivity index (χ4v) is 2.38. The highest BCUT2D eigenvalue weighted by atomic mass is 35.5. The second kappa shape index (κ2) is 2.25. The second-order valence-corrected chi connectivity index (χ2v) is 4.10. The maximum Gasteiger partial charge on any atom is 0.278 e. The Balaban J connectivity index is 2.39. The van der Waals surface area contributed by atoms with Gasteiger partial charge in [0.05, 0.1) is 4.92 Å². The highest BCUT2D eigenvalue weighted by Crippen LogP contribution is 2.50. The molecule has 1 saturated heterocycles. The van der Waals surface area contributed by atoms with Crippen molar-refractivity contribution in [3.63, 3.8) is 0 Å². The van der Waals surface area contributed by atoms with Gasteiger partial charge in [0.25, 0.3) is 5.70 Å². The van der Waals surface area contributed by atoms with E-state index in [0.29, 0.717) is 5.25 Å². The van der Waals surface area contributed by atoms with Crippen LogP contribution >= 0.6 is 23.4 Å². The lowest BCUT2D eigenvalue weighted by Gasteiger charge is -1.99. The van der Waals surface area contributed by atoms with Crippen LogP contribution in [0.2, 0.25) is 0 Å². The van der Waals surface area contributed by atoms with Crippen LogP contribution in [0.5, 0.6) is 0 Å². The van der Waals surface area contributed by atoms with E-state index in [-0.39, 0.29) is 20.9 Å². The summed E-state index contributed by atoms with van der Waals surface area (Å²) in [6, 6.07) is 0. The average Bonchev–Trinajstić information content (AvgIpc) is 2.64. The van der Waals surface area contributed by atoms with Crippen LogP contribution in [0, 0.1) is 10.1 Å². The third-order valence-electron chi connectivity index (χ3n) is 1.67. The molecule has 1 fully saturated rings. The van der Waals surface area contributed by atoms with E-state index in [9.17, 15) is 10.1 Å². The number of allylic oxidation sites excluding steroid dienone is 2. The second-order valence-electron chi connectivity index (χ2n) is 2.37. The number of nitro groups is 1. The Hall–Kier alpha value is -0.480. The van der Waals surface area contributed by atoms with Crippen molar-refractivity contribution >= 4 is 23.4 Å². The van der Waals surface area contributed by atoms with Gasteiger partial charge in [-0.2, -0.15) is 0 Å². The minimum atomic E-state index is -0.385. The summed E-state index contributed by atoms with van der Waals surface area (Å²) in [7, 11) is 0. The van der Waals surface area contributed by atoms with Crippen molar-refractivity contribution in [3.05, 3.63) is 33.0 Å². The Morgan fingerprint density at radius 1 is 1.73 bits per heavy atom. The molecule has 1 aliphatic carbocycles. The predicted octanol–water partition coefficient (Wildman–Crippen LogP) is 1.77. The lowest BCUT2D eigenvalue weighted by Crippen LogP contribution is -2.10. The Bertz CT molecular complexity index is 286. The van der Waals surface area contributed by atoms with E-state index in [1.54, 1.807) is 17.8 Å². The summed E-state index contributed by atoms with van der Waals surface area (Å²) in [5.74, 6) is 0. The molecule has 0 radical (unpaired) electrons. The summed E-state index contributed by atoms with van der Waals surface area (Å²) in [6.45, 7) is 0. The Morgan fingerprint density at radius 2 is 2.45 bits per heavy atom. The number of hydrogen-bond donors (Lipinski definition) is 0. The lowest BCUT2D eigenvalue weighted by molar-refractivity contribution is -0.426. The molecule has 1 aliphatic heterocycles. The standard InChI is InChI=1S/C6H4ClNO2S/c7-3-1-2-4-6(11-4)5(3)8(9)10/h1-2,4,6H. The number of nitrogens with zero attached hydrogens (tertiary/aromatic N) is 1. The third kappa shape index (κ3) is 1.06.